The van der Waals surface area contributed by atoms with Gasteiger partial charge in [-0.1, -0.05) is 12.1 Å². The van der Waals surface area contributed by atoms with E-state index in [4.69, 9.17) is 0 Å². The van der Waals surface area contributed by atoms with Gasteiger partial charge >= 0.3 is 0 Å². The van der Waals surface area contributed by atoms with Crippen LogP contribution in [0.5, 0.6) is 0 Å². The molecule has 1 N–H and O–H groups in total. The summed E-state index contributed by atoms with van der Waals surface area (Å²) in [5.41, 5.74) is 2.52. The topological polar surface area (TPSA) is 79.4 Å². The third kappa shape index (κ3) is 4.49. The summed E-state index contributed by atoms with van der Waals surface area (Å²) in [6.45, 7) is 4.50. The normalized spacial score (nSPS) is 17.7. The minimum atomic E-state index is -3.56. The van der Waals surface area contributed by atoms with E-state index in [9.17, 15) is 13.2 Å². The maximum atomic E-state index is 12.9. The maximum Gasteiger partial charge on any atom is 0.252 e. The summed E-state index contributed by atoms with van der Waals surface area (Å²) in [5, 5.41) is 5.94. The van der Waals surface area contributed by atoms with Gasteiger partial charge < -0.3 is 5.32 Å². The van der Waals surface area contributed by atoms with E-state index >= 15 is 0 Å². The van der Waals surface area contributed by atoms with Crippen molar-refractivity contribution in [1.82, 2.24) is 9.29 Å². The molecule has 9 heteroatoms. The quantitative estimate of drug-likeness (QED) is 0.606. The van der Waals surface area contributed by atoms with Gasteiger partial charge in [-0.25, -0.2) is 13.4 Å². The fraction of sp³-hybridized carbons (Fsp3) is 0.333. The van der Waals surface area contributed by atoms with Gasteiger partial charge in [0.1, 0.15) is 4.21 Å². The highest BCUT2D eigenvalue weighted by Gasteiger charge is 2.34. The van der Waals surface area contributed by atoms with Crippen molar-refractivity contribution in [2.75, 3.05) is 18.4 Å². The van der Waals surface area contributed by atoms with Crippen LogP contribution in [-0.2, 0) is 14.8 Å². The number of nitrogens with zero attached hydrogens (tertiary/aromatic N) is 2. The molecule has 1 aliphatic heterocycles. The molecule has 3 heterocycles. The first-order chi connectivity index (χ1) is 14.3. The van der Waals surface area contributed by atoms with Gasteiger partial charge in [0.15, 0.2) is 0 Å². The highest BCUT2D eigenvalue weighted by atomic mass is 32.2. The zero-order chi connectivity index (χ0) is 21.3. The standard InChI is InChI=1S/C21H23N3O3S3/c1-14-8-9-20(29-14)30(26,27)24-10-4-6-17(12-24)21(25)23-18-7-3-5-16(11-18)19-13-28-15(2)22-19/h3,5,7-9,11,13,17H,4,6,10,12H2,1-2H3,(H,23,25). The Hall–Kier alpha value is -2.07. The molecule has 1 amide bonds. The van der Waals surface area contributed by atoms with Gasteiger partial charge in [-0.15, -0.1) is 22.7 Å². The first kappa shape index (κ1) is 21.2. The monoisotopic (exact) mass is 461 g/mol. The Morgan fingerprint density at radius 3 is 2.77 bits per heavy atom. The average Bonchev–Trinajstić information content (AvgIpc) is 3.37. The van der Waals surface area contributed by atoms with Crippen molar-refractivity contribution < 1.29 is 13.2 Å². The highest BCUT2D eigenvalue weighted by Crippen LogP contribution is 2.29. The largest absolute Gasteiger partial charge is 0.326 e. The average molecular weight is 462 g/mol. The smallest absolute Gasteiger partial charge is 0.252 e. The van der Waals surface area contributed by atoms with E-state index in [2.05, 4.69) is 10.3 Å². The highest BCUT2D eigenvalue weighted by molar-refractivity contribution is 7.91. The molecule has 2 aromatic heterocycles. The number of aryl methyl sites for hydroxylation is 2. The molecule has 6 nitrogen and oxygen atoms in total. The molecule has 3 aromatic rings. The number of benzene rings is 1. The van der Waals surface area contributed by atoms with E-state index in [0.29, 0.717) is 29.3 Å². The molecule has 158 valence electrons. The van der Waals surface area contributed by atoms with Crippen molar-refractivity contribution in [2.45, 2.75) is 30.9 Å². The molecule has 0 bridgehead atoms. The Morgan fingerprint density at radius 1 is 1.23 bits per heavy atom. The van der Waals surface area contributed by atoms with E-state index in [1.165, 1.54) is 15.6 Å². The van der Waals surface area contributed by atoms with Crippen LogP contribution in [0.25, 0.3) is 11.3 Å². The van der Waals surface area contributed by atoms with Crippen molar-refractivity contribution in [3.63, 3.8) is 0 Å². The molecular weight excluding hydrogens is 438 g/mol. The molecule has 0 radical (unpaired) electrons. The molecule has 0 saturated carbocycles. The number of anilines is 1. The fourth-order valence-electron chi connectivity index (χ4n) is 3.55. The van der Waals surface area contributed by atoms with Crippen molar-refractivity contribution in [1.29, 1.82) is 0 Å². The van der Waals surface area contributed by atoms with Crippen LogP contribution in [0.2, 0.25) is 0 Å². The number of thiazole rings is 1. The van der Waals surface area contributed by atoms with Gasteiger partial charge in [-0.3, -0.25) is 4.79 Å². The zero-order valence-electron chi connectivity index (χ0n) is 16.8. The first-order valence-electron chi connectivity index (χ1n) is 9.73. The van der Waals surface area contributed by atoms with E-state index in [1.54, 1.807) is 17.4 Å². The van der Waals surface area contributed by atoms with Gasteiger partial charge in [-0.2, -0.15) is 4.31 Å². The second-order valence-electron chi connectivity index (χ2n) is 7.39. The van der Waals surface area contributed by atoms with Crippen LogP contribution in [0.4, 0.5) is 5.69 Å². The summed E-state index contributed by atoms with van der Waals surface area (Å²) >= 11 is 2.85. The summed E-state index contributed by atoms with van der Waals surface area (Å²) < 4.78 is 27.6. The summed E-state index contributed by atoms with van der Waals surface area (Å²) in [4.78, 5) is 18.3. The Bertz CT molecular complexity index is 1170. The van der Waals surface area contributed by atoms with Crippen molar-refractivity contribution >= 4 is 44.3 Å². The Kier molecular flexibility index (Phi) is 6.06. The lowest BCUT2D eigenvalue weighted by Gasteiger charge is -2.30. The van der Waals surface area contributed by atoms with Crippen LogP contribution in [0, 0.1) is 19.8 Å². The molecule has 1 saturated heterocycles. The number of hydrogen-bond acceptors (Lipinski definition) is 6. The lowest BCUT2D eigenvalue weighted by molar-refractivity contribution is -0.120. The number of amides is 1. The van der Waals surface area contributed by atoms with Crippen molar-refractivity contribution in [2.24, 2.45) is 5.92 Å². The number of hydrogen-bond donors (Lipinski definition) is 1. The zero-order valence-corrected chi connectivity index (χ0v) is 19.2. The summed E-state index contributed by atoms with van der Waals surface area (Å²) in [7, 11) is -3.56. The van der Waals surface area contributed by atoms with Gasteiger partial charge in [-0.05, 0) is 51.0 Å². The molecule has 1 aliphatic rings. The Morgan fingerprint density at radius 2 is 2.07 bits per heavy atom. The molecule has 0 aliphatic carbocycles. The summed E-state index contributed by atoms with van der Waals surface area (Å²) in [6, 6.07) is 11.0. The third-order valence-corrected chi connectivity index (χ3v) is 9.22. The van der Waals surface area contributed by atoms with Crippen LogP contribution >= 0.6 is 22.7 Å². The maximum absolute atomic E-state index is 12.9. The lowest BCUT2D eigenvalue weighted by Crippen LogP contribution is -2.43. The number of piperidine rings is 1. The van der Waals surface area contributed by atoms with E-state index in [1.807, 2.05) is 49.6 Å². The van der Waals surface area contributed by atoms with Gasteiger partial charge in [0.2, 0.25) is 5.91 Å². The van der Waals surface area contributed by atoms with Crippen LogP contribution in [0.15, 0.2) is 46.0 Å². The Balaban J connectivity index is 1.46. The van der Waals surface area contributed by atoms with E-state index in [-0.39, 0.29) is 18.4 Å². The lowest BCUT2D eigenvalue weighted by atomic mass is 9.98. The Labute approximate surface area is 184 Å². The molecule has 0 spiro atoms. The van der Waals surface area contributed by atoms with Crippen LogP contribution in [0.1, 0.15) is 22.7 Å². The number of rotatable bonds is 5. The van der Waals surface area contributed by atoms with Crippen LogP contribution in [0.3, 0.4) is 0 Å². The van der Waals surface area contributed by atoms with Gasteiger partial charge in [0, 0.05) is 34.6 Å². The van der Waals surface area contributed by atoms with Gasteiger partial charge in [0.05, 0.1) is 16.6 Å². The molecule has 4 rings (SSSR count). The molecule has 1 atom stereocenters. The SMILES string of the molecule is Cc1ccc(S(=O)(=O)N2CCCC(C(=O)Nc3cccc(-c4csc(C)n4)c3)C2)s1. The molecule has 1 aromatic carbocycles. The van der Waals surface area contributed by atoms with E-state index < -0.39 is 10.0 Å². The second kappa shape index (κ2) is 8.58. The molecule has 1 fully saturated rings. The first-order valence-corrected chi connectivity index (χ1v) is 12.9. The number of carbonyl (C=O) groups is 1. The van der Waals surface area contributed by atoms with Crippen molar-refractivity contribution in [3.05, 3.63) is 51.7 Å². The summed E-state index contributed by atoms with van der Waals surface area (Å²) in [6.07, 6.45) is 1.34. The predicted molar refractivity (Wildman–Crippen MR) is 121 cm³/mol. The number of thiophene rings is 1. The minimum absolute atomic E-state index is 0.149. The third-order valence-electron chi connectivity index (χ3n) is 5.11. The number of carbonyl (C=O) groups excluding carboxylic acids is 1. The second-order valence-corrected chi connectivity index (χ2v) is 11.9. The van der Waals surface area contributed by atoms with Gasteiger partial charge in [0.25, 0.3) is 10.0 Å². The fourth-order valence-corrected chi connectivity index (χ4v) is 7.13. The molecular formula is C21H23N3O3S3. The van der Waals surface area contributed by atoms with Crippen LogP contribution < -0.4 is 5.32 Å². The predicted octanol–water partition coefficient (Wildman–Crippen LogP) is 4.53. The van der Waals surface area contributed by atoms with E-state index in [0.717, 1.165) is 21.1 Å². The summed E-state index contributed by atoms with van der Waals surface area (Å²) in [5.74, 6) is -0.524. The number of aromatic nitrogens is 1. The molecule has 1 unspecified atom stereocenters. The number of sulfonamides is 1. The molecule has 30 heavy (non-hydrogen) atoms. The minimum Gasteiger partial charge on any atom is -0.326 e. The van der Waals surface area contributed by atoms with Crippen molar-refractivity contribution in [3.8, 4) is 11.3 Å². The van der Waals surface area contributed by atoms with Crippen LogP contribution in [-0.4, -0.2) is 36.7 Å². The number of nitrogens with one attached hydrogen (secondary N) is 1.